The summed E-state index contributed by atoms with van der Waals surface area (Å²) in [5.41, 5.74) is 0.977. The molecule has 32 heavy (non-hydrogen) atoms. The van der Waals surface area contributed by atoms with E-state index >= 15 is 0 Å². The number of methoxy groups -OCH3 is 1. The minimum Gasteiger partial charge on any atom is -0.474 e. The van der Waals surface area contributed by atoms with E-state index in [4.69, 9.17) is 9.47 Å². The molecule has 0 bridgehead atoms. The first-order chi connectivity index (χ1) is 15.5. The number of rotatable bonds is 9. The predicted molar refractivity (Wildman–Crippen MR) is 121 cm³/mol. The van der Waals surface area contributed by atoms with Gasteiger partial charge in [-0.1, -0.05) is 12.1 Å². The van der Waals surface area contributed by atoms with Crippen LogP contribution in [-0.4, -0.2) is 42.1 Å². The van der Waals surface area contributed by atoms with Gasteiger partial charge in [-0.25, -0.2) is 14.4 Å². The number of benzene rings is 1. The van der Waals surface area contributed by atoms with Crippen molar-refractivity contribution in [1.82, 2.24) is 9.97 Å². The summed E-state index contributed by atoms with van der Waals surface area (Å²) in [6.45, 7) is 2.01. The summed E-state index contributed by atoms with van der Waals surface area (Å²) in [5, 5.41) is 4.66. The lowest BCUT2D eigenvalue weighted by atomic mass is 10.3. The smallest absolute Gasteiger partial charge is 0.248 e. The molecule has 2 amide bonds. The van der Waals surface area contributed by atoms with Crippen molar-refractivity contribution in [2.45, 2.75) is 6.92 Å². The Bertz CT molecular complexity index is 1120. The van der Waals surface area contributed by atoms with Gasteiger partial charge in [0.25, 0.3) is 0 Å². The van der Waals surface area contributed by atoms with Gasteiger partial charge >= 0.3 is 0 Å². The molecule has 0 aliphatic rings. The summed E-state index contributed by atoms with van der Waals surface area (Å²) in [7, 11) is 1.56. The molecule has 0 spiro atoms. The third kappa shape index (κ3) is 5.96. The number of ether oxygens (including phenoxy) is 2. The number of nitrogens with zero attached hydrogens (tertiary/aromatic N) is 3. The quantitative estimate of drug-likeness (QED) is 0.386. The maximum Gasteiger partial charge on any atom is 0.248 e. The Hall–Kier alpha value is -3.63. The number of carbonyl (C=O) groups is 2. The summed E-state index contributed by atoms with van der Waals surface area (Å²) in [6.07, 6.45) is 4.35. The van der Waals surface area contributed by atoms with Gasteiger partial charge in [-0.15, -0.1) is 11.3 Å². The van der Waals surface area contributed by atoms with E-state index in [1.54, 1.807) is 43.0 Å². The molecular weight excluding hydrogens is 435 g/mol. The van der Waals surface area contributed by atoms with E-state index in [9.17, 15) is 14.0 Å². The largest absolute Gasteiger partial charge is 0.474 e. The number of nitrogens with one attached hydrogen (secondary N) is 1. The van der Waals surface area contributed by atoms with Crippen LogP contribution in [0.25, 0.3) is 6.08 Å². The SMILES string of the molecule is COCCOc1ncccc1NC(=O)/C=C/c1csc(N(C(C)=O)c2ccccc2F)n1. The second-order valence-corrected chi connectivity index (χ2v) is 7.22. The third-order valence-corrected chi connectivity index (χ3v) is 4.91. The average Bonchev–Trinajstić information content (AvgIpc) is 3.23. The van der Waals surface area contributed by atoms with Crippen molar-refractivity contribution in [2.24, 2.45) is 0 Å². The summed E-state index contributed by atoms with van der Waals surface area (Å²) < 4.78 is 24.6. The molecule has 10 heteroatoms. The standard InChI is InChI=1S/C22H21FN4O4S/c1-15(28)27(19-8-4-3-6-17(19)23)22-25-16(14-32-22)9-10-20(29)26-18-7-5-11-24-21(18)31-13-12-30-2/h3-11,14H,12-13H2,1-2H3,(H,26,29)/b10-9+. The summed E-state index contributed by atoms with van der Waals surface area (Å²) in [6, 6.07) is 9.30. The average molecular weight is 456 g/mol. The van der Waals surface area contributed by atoms with Crippen LogP contribution in [0.5, 0.6) is 5.88 Å². The first kappa shape index (κ1) is 23.0. The number of para-hydroxylation sites is 1. The van der Waals surface area contributed by atoms with Gasteiger partial charge in [-0.05, 0) is 30.3 Å². The molecule has 0 aliphatic heterocycles. The van der Waals surface area contributed by atoms with Crippen molar-refractivity contribution in [2.75, 3.05) is 30.5 Å². The number of pyridine rings is 1. The minimum absolute atomic E-state index is 0.111. The second kappa shape index (κ2) is 11.1. The lowest BCUT2D eigenvalue weighted by Gasteiger charge is -2.18. The van der Waals surface area contributed by atoms with E-state index < -0.39 is 11.7 Å². The molecule has 2 heterocycles. The molecule has 166 valence electrons. The number of amides is 2. The van der Waals surface area contributed by atoms with E-state index in [0.29, 0.717) is 29.7 Å². The third-order valence-electron chi connectivity index (χ3n) is 4.07. The van der Waals surface area contributed by atoms with Crippen molar-refractivity contribution < 1.29 is 23.5 Å². The maximum absolute atomic E-state index is 14.2. The first-order valence-corrected chi connectivity index (χ1v) is 10.4. The summed E-state index contributed by atoms with van der Waals surface area (Å²) >= 11 is 1.16. The van der Waals surface area contributed by atoms with Gasteiger partial charge in [0.2, 0.25) is 17.7 Å². The molecule has 8 nitrogen and oxygen atoms in total. The molecule has 1 N–H and O–H groups in total. The lowest BCUT2D eigenvalue weighted by Crippen LogP contribution is -2.23. The Morgan fingerprint density at radius 3 is 2.78 bits per heavy atom. The van der Waals surface area contributed by atoms with Crippen molar-refractivity contribution >= 4 is 45.7 Å². The van der Waals surface area contributed by atoms with Crippen LogP contribution in [0.2, 0.25) is 0 Å². The highest BCUT2D eigenvalue weighted by Gasteiger charge is 2.20. The Kier molecular flexibility index (Phi) is 8.01. The predicted octanol–water partition coefficient (Wildman–Crippen LogP) is 4.04. The van der Waals surface area contributed by atoms with Gasteiger partial charge in [-0.3, -0.25) is 14.5 Å². The fourth-order valence-corrected chi connectivity index (χ4v) is 3.50. The van der Waals surface area contributed by atoms with Crippen LogP contribution in [0.15, 0.2) is 54.1 Å². The number of aromatic nitrogens is 2. The summed E-state index contributed by atoms with van der Waals surface area (Å²) in [4.78, 5) is 34.1. The molecule has 1 aromatic carbocycles. The van der Waals surface area contributed by atoms with Crippen LogP contribution in [0.3, 0.4) is 0 Å². The Morgan fingerprint density at radius 2 is 2.03 bits per heavy atom. The molecule has 0 atom stereocenters. The topological polar surface area (TPSA) is 93.7 Å². The van der Waals surface area contributed by atoms with Crippen LogP contribution in [-0.2, 0) is 14.3 Å². The normalized spacial score (nSPS) is 10.8. The van der Waals surface area contributed by atoms with Gasteiger partial charge in [0, 0.05) is 31.7 Å². The van der Waals surface area contributed by atoms with Gasteiger partial charge in [0.1, 0.15) is 18.1 Å². The highest BCUT2D eigenvalue weighted by Crippen LogP contribution is 2.31. The second-order valence-electron chi connectivity index (χ2n) is 6.38. The zero-order valence-corrected chi connectivity index (χ0v) is 18.3. The maximum atomic E-state index is 14.2. The highest BCUT2D eigenvalue weighted by molar-refractivity contribution is 7.14. The van der Waals surface area contributed by atoms with Crippen LogP contribution in [0, 0.1) is 5.82 Å². The minimum atomic E-state index is -0.533. The fourth-order valence-electron chi connectivity index (χ4n) is 2.65. The van der Waals surface area contributed by atoms with E-state index in [0.717, 1.165) is 11.3 Å². The molecule has 0 unspecified atom stereocenters. The van der Waals surface area contributed by atoms with Crippen LogP contribution >= 0.6 is 11.3 Å². The zero-order chi connectivity index (χ0) is 22.9. The Morgan fingerprint density at radius 1 is 1.22 bits per heavy atom. The lowest BCUT2D eigenvalue weighted by molar-refractivity contribution is -0.116. The van der Waals surface area contributed by atoms with Gasteiger partial charge in [-0.2, -0.15) is 0 Å². The highest BCUT2D eigenvalue weighted by atomic mass is 32.1. The van der Waals surface area contributed by atoms with Crippen LogP contribution < -0.4 is 15.0 Å². The molecule has 0 fully saturated rings. The van der Waals surface area contributed by atoms with Crippen LogP contribution in [0.1, 0.15) is 12.6 Å². The molecule has 3 aromatic rings. The monoisotopic (exact) mass is 456 g/mol. The molecule has 0 radical (unpaired) electrons. The van der Waals surface area contributed by atoms with E-state index in [-0.39, 0.29) is 17.5 Å². The molecule has 0 saturated carbocycles. The van der Waals surface area contributed by atoms with Gasteiger partial charge in [0.05, 0.1) is 18.0 Å². The number of anilines is 3. The number of halogens is 1. The van der Waals surface area contributed by atoms with Crippen molar-refractivity contribution in [3.8, 4) is 5.88 Å². The molecule has 0 aliphatic carbocycles. The number of thiazole rings is 1. The van der Waals surface area contributed by atoms with Crippen molar-refractivity contribution in [1.29, 1.82) is 0 Å². The van der Waals surface area contributed by atoms with E-state index in [1.807, 2.05) is 0 Å². The molecule has 3 rings (SSSR count). The Labute approximate surface area is 188 Å². The van der Waals surface area contributed by atoms with E-state index in [1.165, 1.54) is 36.1 Å². The number of hydrogen-bond acceptors (Lipinski definition) is 7. The Balaban J connectivity index is 1.70. The number of hydrogen-bond donors (Lipinski definition) is 1. The molecule has 0 saturated heterocycles. The van der Waals surface area contributed by atoms with Gasteiger partial charge < -0.3 is 14.8 Å². The summed E-state index contributed by atoms with van der Waals surface area (Å²) in [5.74, 6) is -1.05. The molecule has 2 aromatic heterocycles. The number of carbonyl (C=O) groups excluding carboxylic acids is 2. The van der Waals surface area contributed by atoms with Crippen molar-refractivity contribution in [3.05, 3.63) is 65.6 Å². The zero-order valence-electron chi connectivity index (χ0n) is 17.4. The van der Waals surface area contributed by atoms with Gasteiger partial charge in [0.15, 0.2) is 5.13 Å². The van der Waals surface area contributed by atoms with E-state index in [2.05, 4.69) is 15.3 Å². The van der Waals surface area contributed by atoms with Crippen molar-refractivity contribution in [3.63, 3.8) is 0 Å². The first-order valence-electron chi connectivity index (χ1n) is 9.56. The van der Waals surface area contributed by atoms with Crippen LogP contribution in [0.4, 0.5) is 20.9 Å². The fraction of sp³-hybridized carbons (Fsp3) is 0.182. The molecular formula is C22H21FN4O4S.